The molecule has 1 atom stereocenters. The maximum atomic E-state index is 12.0. The van der Waals surface area contributed by atoms with Crippen LogP contribution in [0.1, 0.15) is 39.4 Å². The van der Waals surface area contributed by atoms with E-state index in [9.17, 15) is 4.79 Å². The summed E-state index contributed by atoms with van der Waals surface area (Å²) in [7, 11) is 0. The number of aryl methyl sites for hydroxylation is 1. The minimum Gasteiger partial charge on any atom is -0.351 e. The molecule has 1 N–H and O–H groups in total. The Morgan fingerprint density at radius 3 is 2.79 bits per heavy atom. The second kappa shape index (κ2) is 5.45. The number of hydrogen-bond acceptors (Lipinski definition) is 5. The van der Waals surface area contributed by atoms with Gasteiger partial charge in [-0.05, 0) is 19.8 Å². The fourth-order valence-corrected chi connectivity index (χ4v) is 2.79. The summed E-state index contributed by atoms with van der Waals surface area (Å²) in [6.45, 7) is 9.56. The van der Waals surface area contributed by atoms with Crippen LogP contribution >= 0.6 is 11.5 Å². The molecule has 0 bridgehead atoms. The van der Waals surface area contributed by atoms with Crippen LogP contribution in [0.4, 0.5) is 5.13 Å². The van der Waals surface area contributed by atoms with E-state index in [1.165, 1.54) is 11.5 Å². The molecule has 2 rings (SSSR count). The fourth-order valence-electron chi connectivity index (χ4n) is 2.09. The quantitative estimate of drug-likeness (QED) is 0.901. The maximum Gasteiger partial charge on any atom is 0.225 e. The molecule has 0 spiro atoms. The van der Waals surface area contributed by atoms with Crippen molar-refractivity contribution in [3.63, 3.8) is 0 Å². The van der Waals surface area contributed by atoms with Gasteiger partial charge in [-0.1, -0.05) is 20.8 Å². The van der Waals surface area contributed by atoms with E-state index in [4.69, 9.17) is 0 Å². The number of nitrogens with one attached hydrogen (secondary N) is 1. The van der Waals surface area contributed by atoms with Gasteiger partial charge in [0.05, 0.1) is 0 Å². The number of anilines is 1. The minimum atomic E-state index is -0.332. The lowest BCUT2D eigenvalue weighted by Crippen LogP contribution is -2.50. The van der Waals surface area contributed by atoms with E-state index in [0.717, 1.165) is 36.9 Å². The van der Waals surface area contributed by atoms with E-state index in [2.05, 4.69) is 19.6 Å². The van der Waals surface area contributed by atoms with Gasteiger partial charge in [0.15, 0.2) is 0 Å². The highest BCUT2D eigenvalue weighted by Crippen LogP contribution is 2.22. The van der Waals surface area contributed by atoms with Crippen molar-refractivity contribution >= 4 is 22.6 Å². The molecular formula is C13H22N4OS. The number of rotatable bonds is 2. The Morgan fingerprint density at radius 2 is 2.21 bits per heavy atom. The van der Waals surface area contributed by atoms with Crippen molar-refractivity contribution < 1.29 is 4.79 Å². The lowest BCUT2D eigenvalue weighted by Gasteiger charge is -2.34. The zero-order valence-electron chi connectivity index (χ0n) is 12.1. The standard InChI is InChI=1S/C13H22N4OS/c1-9-14-12(19-16-9)17-7-5-6-10(8-17)15-11(18)13(2,3)4/h10H,5-8H2,1-4H3,(H,15,18). The van der Waals surface area contributed by atoms with Crippen LogP contribution in [0, 0.1) is 12.3 Å². The van der Waals surface area contributed by atoms with Crippen LogP contribution in [0.2, 0.25) is 0 Å². The molecule has 0 aliphatic carbocycles. The molecule has 106 valence electrons. The SMILES string of the molecule is Cc1nsc(N2CCCC(NC(=O)C(C)(C)C)C2)n1. The zero-order chi connectivity index (χ0) is 14.0. The van der Waals surface area contributed by atoms with Gasteiger partial charge in [-0.25, -0.2) is 4.98 Å². The number of carbonyl (C=O) groups excluding carboxylic acids is 1. The van der Waals surface area contributed by atoms with Crippen LogP contribution < -0.4 is 10.2 Å². The first kappa shape index (κ1) is 14.2. The van der Waals surface area contributed by atoms with Crippen LogP contribution in [0.25, 0.3) is 0 Å². The molecule has 1 aromatic rings. The third-order valence-electron chi connectivity index (χ3n) is 3.23. The van der Waals surface area contributed by atoms with E-state index in [1.807, 2.05) is 27.7 Å². The summed E-state index contributed by atoms with van der Waals surface area (Å²) < 4.78 is 4.22. The molecular weight excluding hydrogens is 260 g/mol. The summed E-state index contributed by atoms with van der Waals surface area (Å²) in [5, 5.41) is 4.11. The van der Waals surface area contributed by atoms with Gasteiger partial charge in [-0.15, -0.1) is 0 Å². The summed E-state index contributed by atoms with van der Waals surface area (Å²) in [5.74, 6) is 0.939. The predicted octanol–water partition coefficient (Wildman–Crippen LogP) is 1.98. The summed E-state index contributed by atoms with van der Waals surface area (Å²) in [6.07, 6.45) is 2.11. The molecule has 1 saturated heterocycles. The van der Waals surface area contributed by atoms with E-state index in [0.29, 0.717) is 0 Å². The summed E-state index contributed by atoms with van der Waals surface area (Å²) >= 11 is 1.43. The third kappa shape index (κ3) is 3.65. The van der Waals surface area contributed by atoms with Crippen molar-refractivity contribution in [2.75, 3.05) is 18.0 Å². The monoisotopic (exact) mass is 282 g/mol. The highest BCUT2D eigenvalue weighted by molar-refractivity contribution is 7.09. The maximum absolute atomic E-state index is 12.0. The number of carbonyl (C=O) groups is 1. The van der Waals surface area contributed by atoms with Crippen molar-refractivity contribution in [2.24, 2.45) is 5.41 Å². The Balaban J connectivity index is 1.96. The van der Waals surface area contributed by atoms with Crippen molar-refractivity contribution in [2.45, 2.75) is 46.6 Å². The molecule has 1 amide bonds. The van der Waals surface area contributed by atoms with Crippen LogP contribution in [0.5, 0.6) is 0 Å². The highest BCUT2D eigenvalue weighted by Gasteiger charge is 2.27. The number of aromatic nitrogens is 2. The van der Waals surface area contributed by atoms with Crippen LogP contribution in [-0.2, 0) is 4.79 Å². The number of amides is 1. The zero-order valence-corrected chi connectivity index (χ0v) is 12.9. The Morgan fingerprint density at radius 1 is 1.47 bits per heavy atom. The molecule has 0 aromatic carbocycles. The molecule has 5 nitrogen and oxygen atoms in total. The second-order valence-corrected chi connectivity index (χ2v) is 6.86. The van der Waals surface area contributed by atoms with Gasteiger partial charge >= 0.3 is 0 Å². The molecule has 6 heteroatoms. The fraction of sp³-hybridized carbons (Fsp3) is 0.769. The molecule has 1 aromatic heterocycles. The van der Waals surface area contributed by atoms with Gasteiger partial charge in [0.1, 0.15) is 5.82 Å². The molecule has 1 unspecified atom stereocenters. The van der Waals surface area contributed by atoms with Crippen LogP contribution in [0.15, 0.2) is 0 Å². The Kier molecular flexibility index (Phi) is 4.08. The average molecular weight is 282 g/mol. The number of hydrogen-bond donors (Lipinski definition) is 1. The predicted molar refractivity (Wildman–Crippen MR) is 77.5 cm³/mol. The topological polar surface area (TPSA) is 58.1 Å². The lowest BCUT2D eigenvalue weighted by molar-refractivity contribution is -0.129. The third-order valence-corrected chi connectivity index (χ3v) is 4.09. The van der Waals surface area contributed by atoms with E-state index >= 15 is 0 Å². The molecule has 1 aliphatic rings. The van der Waals surface area contributed by atoms with Crippen molar-refractivity contribution in [3.8, 4) is 0 Å². The summed E-state index contributed by atoms with van der Waals surface area (Å²) in [4.78, 5) is 18.7. The van der Waals surface area contributed by atoms with E-state index in [-0.39, 0.29) is 17.4 Å². The smallest absolute Gasteiger partial charge is 0.225 e. The van der Waals surface area contributed by atoms with Gasteiger partial charge in [0, 0.05) is 36.1 Å². The molecule has 0 saturated carbocycles. The molecule has 2 heterocycles. The Hall–Kier alpha value is -1.17. The van der Waals surface area contributed by atoms with Gasteiger partial charge in [0.2, 0.25) is 11.0 Å². The van der Waals surface area contributed by atoms with Gasteiger partial charge < -0.3 is 10.2 Å². The summed E-state index contributed by atoms with van der Waals surface area (Å²) in [6, 6.07) is 0.213. The summed E-state index contributed by atoms with van der Waals surface area (Å²) in [5.41, 5.74) is -0.332. The average Bonchev–Trinajstić information content (AvgIpc) is 2.75. The normalized spacial score (nSPS) is 20.4. The largest absolute Gasteiger partial charge is 0.351 e. The number of piperidine rings is 1. The second-order valence-electron chi connectivity index (χ2n) is 6.13. The number of nitrogens with zero attached hydrogens (tertiary/aromatic N) is 3. The van der Waals surface area contributed by atoms with Gasteiger partial charge in [-0.2, -0.15) is 4.37 Å². The van der Waals surface area contributed by atoms with Crippen molar-refractivity contribution in [1.82, 2.24) is 14.7 Å². The van der Waals surface area contributed by atoms with Crippen molar-refractivity contribution in [1.29, 1.82) is 0 Å². The highest BCUT2D eigenvalue weighted by atomic mass is 32.1. The molecule has 19 heavy (non-hydrogen) atoms. The van der Waals surface area contributed by atoms with E-state index in [1.54, 1.807) is 0 Å². The van der Waals surface area contributed by atoms with Gasteiger partial charge in [-0.3, -0.25) is 4.79 Å². The van der Waals surface area contributed by atoms with E-state index < -0.39 is 0 Å². The minimum absolute atomic E-state index is 0.118. The van der Waals surface area contributed by atoms with Crippen LogP contribution in [-0.4, -0.2) is 34.4 Å². The van der Waals surface area contributed by atoms with Gasteiger partial charge in [0.25, 0.3) is 0 Å². The van der Waals surface area contributed by atoms with Crippen molar-refractivity contribution in [3.05, 3.63) is 5.82 Å². The first-order valence-corrected chi connectivity index (χ1v) is 7.50. The molecule has 1 fully saturated rings. The molecule has 1 aliphatic heterocycles. The molecule has 0 radical (unpaired) electrons. The Bertz CT molecular complexity index is 452. The first-order chi connectivity index (χ1) is 8.86. The van der Waals surface area contributed by atoms with Crippen LogP contribution in [0.3, 0.4) is 0 Å². The lowest BCUT2D eigenvalue weighted by atomic mass is 9.94. The Labute approximate surface area is 118 Å². The first-order valence-electron chi connectivity index (χ1n) is 6.72.